The number of phosphoric ester groups is 5. The maximum atomic E-state index is 12.2. The van der Waals surface area contributed by atoms with Gasteiger partial charge >= 0.3 is 39.1 Å². The zero-order valence-electron chi connectivity index (χ0n) is 61.1. The first-order chi connectivity index (χ1) is 56.4. The highest BCUT2D eigenvalue weighted by Crippen LogP contribution is 2.45. The molecule has 20 atom stereocenters. The fraction of sp³-hybridized carbons (Fsp3) is 0.519. The Balaban J connectivity index is 0.000000148. The Morgan fingerprint density at radius 2 is 0.860 bits per heavy atom. The summed E-state index contributed by atoms with van der Waals surface area (Å²) >= 11 is 0. The number of amides is 1. The summed E-state index contributed by atoms with van der Waals surface area (Å²) in [6.07, 6.45) is -19.2. The van der Waals surface area contributed by atoms with E-state index in [4.69, 9.17) is 100 Å². The number of rotatable bonds is 21. The maximum absolute atomic E-state index is 12.2. The van der Waals surface area contributed by atoms with Crippen LogP contribution in [-0.2, 0) is 87.4 Å². The van der Waals surface area contributed by atoms with Gasteiger partial charge < -0.3 is 161 Å². The summed E-state index contributed by atoms with van der Waals surface area (Å²) in [5.41, 5.74) is 21.9. The first-order valence-electron chi connectivity index (χ1n) is 33.9. The fourth-order valence-electron chi connectivity index (χ4n) is 12.5. The molecule has 67 heteroatoms. The second kappa shape index (κ2) is 36.5. The number of carbonyl (C=O) groups excluding carboxylic acids is 1. The van der Waals surface area contributed by atoms with Crippen molar-refractivity contribution in [2.24, 2.45) is 7.05 Å². The van der Waals surface area contributed by atoms with Gasteiger partial charge in [0.15, 0.2) is 70.4 Å². The van der Waals surface area contributed by atoms with Crippen molar-refractivity contribution in [1.29, 1.82) is 0 Å². The van der Waals surface area contributed by atoms with Crippen LogP contribution >= 0.6 is 39.1 Å². The molecule has 0 saturated carbocycles. The van der Waals surface area contributed by atoms with E-state index in [1.54, 1.807) is 12.3 Å². The highest BCUT2D eigenvalue weighted by molar-refractivity contribution is 7.47. The van der Waals surface area contributed by atoms with Gasteiger partial charge in [-0.15, -0.1) is 0 Å². The molecule has 62 nitrogen and oxygen atoms in total. The summed E-state index contributed by atoms with van der Waals surface area (Å²) in [6.45, 7) is -3.19. The minimum absolute atomic E-state index is 0.0168. The standard InChI is InChI=1S/2C11H16N5O8P.C11H15N4O9P.C11H15N4O7P.C10H13N4O8P/c1-22-9-5-8(14-11(12)15-9)16(3-13-5)10-7(18)6(17)4(24-10)2-23-25(19,20)21;1-15-9(19)5-8(14-11(15)12)16(3-13-5)10-7(18)6(17)4(24-10)2-23-25(20,21)22;12-11-13-8-3(9(19)14-11)1-5(16)15(8)10-7(18)6(17)4(24-10)2-23-25(20,21)22;12-9-5-1-2-15(10(5)14-4-13-9)11-8(17)7(16)6(22-11)3-21-23(18,19)20;15-6-4(1-21-23(18,19)20)22-10(7(6)16)14-3-13-5-8(14)11-2-12-9(5)17/h3-4,6-7,10,17-18H,2H2,1H3,(H2,12,14,15)(H2,19,20,21);3-4,6-7,10,17-18H,2H2,1H3,(H2,12,14)(H2,20,21,22);4,6-7,10,17-18H,1-2H2,(H2,20,21,22)(H3,12,13,14,19);1-2,4,6-8,11,16-17H,3H2,(H2,12,13,14)(H2,18,19,20);2-4,6-7,10,15-16H,1H2,(H,11,12,17)(H2,18,19,20)/t3*4-,6-,7-,10-;6-,7-,8-,11-;4-,6-,7-,10-/m11111/s1. The number of aromatic amines is 2. The topological polar surface area (TPSA) is 952 Å². The molecule has 15 heterocycles. The van der Waals surface area contributed by atoms with Crippen LogP contribution in [0.5, 0.6) is 5.88 Å². The van der Waals surface area contributed by atoms with E-state index >= 15 is 0 Å². The summed E-state index contributed by atoms with van der Waals surface area (Å²) in [4.78, 5) is 180. The molecule has 0 unspecified atom stereocenters. The van der Waals surface area contributed by atoms with Crippen LogP contribution in [0.3, 0.4) is 0 Å². The van der Waals surface area contributed by atoms with Crippen molar-refractivity contribution in [2.45, 2.75) is 129 Å². The summed E-state index contributed by atoms with van der Waals surface area (Å²) in [6, 6.07) is 1.63. The van der Waals surface area contributed by atoms with E-state index in [0.29, 0.717) is 11.0 Å². The first kappa shape index (κ1) is 92.9. The van der Waals surface area contributed by atoms with Crippen LogP contribution in [0.1, 0.15) is 30.5 Å². The monoisotopic (exact) mass is 1830 g/mol. The number of hydrogen-bond acceptors (Lipinski definition) is 44. The Morgan fingerprint density at radius 1 is 0.463 bits per heavy atom. The number of aromatic nitrogens is 17. The van der Waals surface area contributed by atoms with Crippen molar-refractivity contribution >= 4 is 119 Å². The van der Waals surface area contributed by atoms with Crippen molar-refractivity contribution in [3.8, 4) is 5.88 Å². The van der Waals surface area contributed by atoms with E-state index in [0.717, 1.165) is 15.8 Å². The van der Waals surface area contributed by atoms with Crippen LogP contribution in [0, 0.1) is 0 Å². The Labute approximate surface area is 668 Å². The Hall–Kier alpha value is -8.83. The largest absolute Gasteiger partial charge is 0.479 e. The van der Waals surface area contributed by atoms with Gasteiger partial charge in [0, 0.05) is 13.2 Å². The third-order valence-electron chi connectivity index (χ3n) is 18.3. The first-order valence-corrected chi connectivity index (χ1v) is 41.6. The number of phosphoric acid groups is 5. The molecule has 9 aromatic rings. The van der Waals surface area contributed by atoms with Gasteiger partial charge in [-0.2, -0.15) is 19.9 Å². The number of anilines is 5. The minimum atomic E-state index is -4.82. The van der Waals surface area contributed by atoms with Crippen LogP contribution in [-0.4, -0.2) is 326 Å². The van der Waals surface area contributed by atoms with E-state index in [-0.39, 0.29) is 80.8 Å². The third kappa shape index (κ3) is 21.0. The molecule has 0 spiro atoms. The van der Waals surface area contributed by atoms with Gasteiger partial charge in [-0.3, -0.25) is 69.9 Å². The molecule has 6 aliphatic rings. The molecular formula is C54H75N22O40P5. The molecule has 121 heavy (non-hydrogen) atoms. The van der Waals surface area contributed by atoms with Crippen molar-refractivity contribution in [3.63, 3.8) is 0 Å². The molecule has 666 valence electrons. The SMILES string of the molecule is COc1nc(N)nc2c1ncn2[C@@H]1O[C@H](COP(=O)(O)O)[C@@H](O)[C@H]1O.Cn1c(N)nc2c(ncn2[C@@H]2O[C@H](COP(=O)(O)O)[C@@H](O)[C@H]2O)c1=O.Nc1nc2c(c(=O)[nH]1)CC(=O)N2[C@@H]1O[C@H](COP(=O)(O)O)[C@@H](O)[C@H]1O.Nc1ncnc2c1ccn2[C@@H]1O[C@H](COP(=O)(O)O)[C@@H](O)[C@H]1O.O=c1[nH]cnc2c1ncn2[C@@H]1O[C@H](COP(=O)(O)O)[C@@H](O)[C@H]1O. The normalized spacial score (nSPS) is 28.1. The zero-order valence-corrected chi connectivity index (χ0v) is 65.6. The molecule has 5 saturated heterocycles. The van der Waals surface area contributed by atoms with E-state index < -0.39 is 217 Å². The number of fused-ring (bicyclic) bond motifs is 5. The summed E-state index contributed by atoms with van der Waals surface area (Å²) in [7, 11) is -21.0. The number of imidazole rings is 3. The molecule has 6 aliphatic heterocycles. The Bertz CT molecular complexity index is 5700. The molecule has 0 bridgehead atoms. The quantitative estimate of drug-likeness (QED) is 0.0297. The summed E-state index contributed by atoms with van der Waals surface area (Å²) < 4.78 is 114. The van der Waals surface area contributed by atoms with Gasteiger partial charge in [0.25, 0.3) is 16.7 Å². The van der Waals surface area contributed by atoms with Crippen LogP contribution in [0.25, 0.3) is 44.5 Å². The molecule has 9 aromatic heterocycles. The number of ether oxygens (including phenoxy) is 6. The Morgan fingerprint density at radius 3 is 1.30 bits per heavy atom. The van der Waals surface area contributed by atoms with E-state index in [2.05, 4.69) is 82.4 Å². The van der Waals surface area contributed by atoms with Crippen molar-refractivity contribution in [2.75, 3.05) is 68.0 Å². The van der Waals surface area contributed by atoms with Crippen LogP contribution < -0.4 is 49.2 Å². The number of hydrogen-bond donors (Lipinski definition) is 26. The molecule has 30 N–H and O–H groups in total. The average Bonchev–Trinajstić information content (AvgIpc) is 1.62. The maximum Gasteiger partial charge on any atom is 0.469 e. The van der Waals surface area contributed by atoms with Crippen LogP contribution in [0.15, 0.2) is 58.3 Å². The average molecular weight is 1830 g/mol. The van der Waals surface area contributed by atoms with E-state index in [1.807, 2.05) is 0 Å². The number of nitrogens with zero attached hydrogens (tertiary/aromatic N) is 16. The second-order valence-electron chi connectivity index (χ2n) is 26.2. The Kier molecular flexibility index (Phi) is 28.0. The van der Waals surface area contributed by atoms with Crippen molar-refractivity contribution in [1.82, 2.24) is 82.6 Å². The van der Waals surface area contributed by atoms with Gasteiger partial charge in [0.2, 0.25) is 29.6 Å². The fourth-order valence-corrected chi connectivity index (χ4v) is 14.2. The summed E-state index contributed by atoms with van der Waals surface area (Å²) in [5.74, 6) is -0.795. The number of aliphatic hydroxyl groups excluding tert-OH is 10. The van der Waals surface area contributed by atoms with Crippen molar-refractivity contribution in [3.05, 3.63) is 80.5 Å². The molecule has 5 fully saturated rings. The van der Waals surface area contributed by atoms with Gasteiger partial charge in [0.1, 0.15) is 109 Å². The van der Waals surface area contributed by atoms with Gasteiger partial charge in [-0.1, -0.05) is 0 Å². The molecule has 15 rings (SSSR count). The lowest BCUT2D eigenvalue weighted by molar-refractivity contribution is -0.121. The molecule has 0 radical (unpaired) electrons. The van der Waals surface area contributed by atoms with E-state index in [1.165, 1.54) is 57.7 Å². The lowest BCUT2D eigenvalue weighted by Gasteiger charge is -2.26. The number of aliphatic hydroxyl groups is 10. The molecule has 1 amide bonds. The number of nitrogen functional groups attached to an aromatic ring is 4. The van der Waals surface area contributed by atoms with Crippen LogP contribution in [0.4, 0.5) is 29.5 Å². The van der Waals surface area contributed by atoms with Gasteiger partial charge in [-0.05, 0) is 6.07 Å². The highest BCUT2D eigenvalue weighted by Gasteiger charge is 2.53. The number of methoxy groups -OCH3 is 1. The van der Waals surface area contributed by atoms with Gasteiger partial charge in [-0.25, -0.2) is 52.7 Å². The molecule has 0 aromatic carbocycles. The minimum Gasteiger partial charge on any atom is -0.479 e. The lowest BCUT2D eigenvalue weighted by Crippen LogP contribution is -2.46. The van der Waals surface area contributed by atoms with Gasteiger partial charge in [0.05, 0.1) is 82.8 Å². The number of carbonyl (C=O) groups is 1. The predicted molar refractivity (Wildman–Crippen MR) is 388 cm³/mol. The van der Waals surface area contributed by atoms with Crippen molar-refractivity contribution < 1.29 is 179 Å². The summed E-state index contributed by atoms with van der Waals surface area (Å²) in [5, 5.41) is 101. The molecular weight excluding hydrogens is 1750 g/mol. The number of nitrogens with one attached hydrogen (secondary N) is 2. The predicted octanol–water partition coefficient (Wildman–Crippen LogP) is -11.0. The second-order valence-corrected chi connectivity index (χ2v) is 32.4. The highest BCUT2D eigenvalue weighted by atomic mass is 31.2. The third-order valence-corrected chi connectivity index (χ3v) is 20.7. The number of nitrogens with two attached hydrogens (primary N) is 4. The smallest absolute Gasteiger partial charge is 0.469 e. The lowest BCUT2D eigenvalue weighted by atomic mass is 10.1. The van der Waals surface area contributed by atoms with E-state index in [9.17, 15) is 93.1 Å². The zero-order chi connectivity index (χ0) is 88.9. The molecule has 0 aliphatic carbocycles. The van der Waals surface area contributed by atoms with Crippen LogP contribution in [0.2, 0.25) is 0 Å². The number of H-pyrrole nitrogens is 2.